The van der Waals surface area contributed by atoms with Crippen LogP contribution in [-0.4, -0.2) is 33.6 Å². The van der Waals surface area contributed by atoms with Crippen LogP contribution >= 0.6 is 58.6 Å². The molecule has 2 atom stereocenters. The highest BCUT2D eigenvalue weighted by molar-refractivity contribution is 7.79. The summed E-state index contributed by atoms with van der Waals surface area (Å²) in [6.45, 7) is 1.85. The first kappa shape index (κ1) is 18.8. The van der Waals surface area contributed by atoms with Gasteiger partial charge in [0.25, 0.3) is 3.92 Å². The summed E-state index contributed by atoms with van der Waals surface area (Å²) in [6.07, 6.45) is -0.514. The normalized spacial score (nSPS) is 19.9. The molecule has 1 aliphatic heterocycles. The van der Waals surface area contributed by atoms with Gasteiger partial charge in [-0.25, -0.2) is 15.2 Å². The Labute approximate surface area is 159 Å². The molecule has 2 amide bonds. The molecule has 10 heteroatoms. The maximum Gasteiger partial charge on any atom is 0.343 e. The maximum atomic E-state index is 12.7. The first-order valence-corrected chi connectivity index (χ1v) is 8.44. The van der Waals surface area contributed by atoms with Crippen molar-refractivity contribution >= 4 is 75.7 Å². The zero-order valence-corrected chi connectivity index (χ0v) is 15.9. The van der Waals surface area contributed by atoms with Crippen LogP contribution in [0.15, 0.2) is 18.2 Å². The fourth-order valence-corrected chi connectivity index (χ4v) is 2.92. The number of carbonyl (C=O) groups is 1. The number of benzene rings is 1. The average molecular weight is 417 g/mol. The van der Waals surface area contributed by atoms with Crippen LogP contribution in [0.5, 0.6) is 5.75 Å². The van der Waals surface area contributed by atoms with Crippen molar-refractivity contribution in [1.29, 1.82) is 0 Å². The highest BCUT2D eigenvalue weighted by atomic mass is 35.6. The van der Waals surface area contributed by atoms with E-state index in [2.05, 4.69) is 5.43 Å². The van der Waals surface area contributed by atoms with Crippen molar-refractivity contribution in [2.75, 3.05) is 12.0 Å². The Bertz CT molecular complexity index is 626. The van der Waals surface area contributed by atoms with Crippen molar-refractivity contribution in [3.05, 3.63) is 23.2 Å². The molecule has 0 saturated carbocycles. The molecule has 1 saturated heterocycles. The van der Waals surface area contributed by atoms with Crippen LogP contribution in [0, 0.1) is 5.92 Å². The molecule has 0 aromatic heterocycles. The van der Waals surface area contributed by atoms with Gasteiger partial charge in [0.1, 0.15) is 11.9 Å². The van der Waals surface area contributed by atoms with Crippen molar-refractivity contribution < 1.29 is 9.53 Å². The predicted octanol–water partition coefficient (Wildman–Crippen LogP) is 4.38. The highest BCUT2D eigenvalue weighted by Gasteiger charge is 2.48. The standard InChI is InChI=1S/C13H13Cl4N3O2S/c1-7(6-23)11-18-20(13(15,16)17)12(21)19(11)8-3-4-10(22-2)9(14)5-8/h3-7,11,18H,1-2H3. The van der Waals surface area contributed by atoms with E-state index in [1.54, 1.807) is 18.2 Å². The monoisotopic (exact) mass is 415 g/mol. The van der Waals surface area contributed by atoms with Gasteiger partial charge in [0.2, 0.25) is 0 Å². The smallest absolute Gasteiger partial charge is 0.343 e. The summed E-state index contributed by atoms with van der Waals surface area (Å²) < 4.78 is 3.17. The van der Waals surface area contributed by atoms with Gasteiger partial charge in [0.15, 0.2) is 0 Å². The van der Waals surface area contributed by atoms with Gasteiger partial charge in [-0.05, 0) is 23.6 Å². The minimum Gasteiger partial charge on any atom is -0.495 e. The molecule has 0 radical (unpaired) electrons. The first-order chi connectivity index (χ1) is 10.7. The number of hydrogen-bond donors (Lipinski definition) is 1. The quantitative estimate of drug-likeness (QED) is 0.449. The average Bonchev–Trinajstić information content (AvgIpc) is 2.84. The number of thiocarbonyl (C=S) groups is 1. The largest absolute Gasteiger partial charge is 0.495 e. The molecule has 1 aromatic carbocycles. The van der Waals surface area contributed by atoms with Crippen LogP contribution in [0.2, 0.25) is 5.02 Å². The van der Waals surface area contributed by atoms with Crippen LogP contribution in [0.1, 0.15) is 6.92 Å². The molecular formula is C13H13Cl4N3O2S. The van der Waals surface area contributed by atoms with E-state index in [9.17, 15) is 4.79 Å². The van der Waals surface area contributed by atoms with Crippen molar-refractivity contribution in [3.8, 4) is 5.75 Å². The van der Waals surface area contributed by atoms with E-state index >= 15 is 0 Å². The molecule has 23 heavy (non-hydrogen) atoms. The Balaban J connectivity index is 2.45. The van der Waals surface area contributed by atoms with E-state index in [-0.39, 0.29) is 5.92 Å². The molecule has 1 heterocycles. The van der Waals surface area contributed by atoms with E-state index < -0.39 is 16.1 Å². The van der Waals surface area contributed by atoms with E-state index in [0.29, 0.717) is 16.5 Å². The van der Waals surface area contributed by atoms with Gasteiger partial charge in [-0.3, -0.25) is 4.90 Å². The topological polar surface area (TPSA) is 44.8 Å². The maximum absolute atomic E-state index is 12.7. The molecule has 126 valence electrons. The minimum absolute atomic E-state index is 0.188. The number of amides is 2. The number of urea groups is 1. The van der Waals surface area contributed by atoms with E-state index in [4.69, 9.17) is 63.4 Å². The summed E-state index contributed by atoms with van der Waals surface area (Å²) in [7, 11) is 1.51. The fraction of sp³-hybridized carbons (Fsp3) is 0.385. The van der Waals surface area contributed by atoms with Crippen molar-refractivity contribution in [2.24, 2.45) is 5.92 Å². The summed E-state index contributed by atoms with van der Waals surface area (Å²) in [6, 6.07) is 4.42. The van der Waals surface area contributed by atoms with Crippen LogP contribution < -0.4 is 15.1 Å². The van der Waals surface area contributed by atoms with E-state index in [1.165, 1.54) is 17.4 Å². The van der Waals surface area contributed by atoms with E-state index in [0.717, 1.165) is 5.01 Å². The van der Waals surface area contributed by atoms with Gasteiger partial charge in [0, 0.05) is 11.6 Å². The molecule has 1 fully saturated rings. The van der Waals surface area contributed by atoms with E-state index in [1.807, 2.05) is 6.92 Å². The lowest BCUT2D eigenvalue weighted by molar-refractivity contribution is 0.196. The Hall–Kier alpha value is -0.500. The van der Waals surface area contributed by atoms with Gasteiger partial charge in [0.05, 0.1) is 12.1 Å². The van der Waals surface area contributed by atoms with Crippen molar-refractivity contribution in [3.63, 3.8) is 0 Å². The number of anilines is 1. The van der Waals surface area contributed by atoms with Gasteiger partial charge >= 0.3 is 6.03 Å². The molecule has 2 rings (SSSR count). The zero-order valence-electron chi connectivity index (χ0n) is 12.1. The number of hydrogen-bond acceptors (Lipinski definition) is 4. The summed E-state index contributed by atoms with van der Waals surface area (Å²) in [5, 5.41) is 2.82. The van der Waals surface area contributed by atoms with Gasteiger partial charge < -0.3 is 4.74 Å². The predicted molar refractivity (Wildman–Crippen MR) is 97.8 cm³/mol. The van der Waals surface area contributed by atoms with Crippen LogP contribution in [0.4, 0.5) is 10.5 Å². The minimum atomic E-state index is -1.94. The Morgan fingerprint density at radius 1 is 1.43 bits per heavy atom. The summed E-state index contributed by atoms with van der Waals surface area (Å²) in [4.78, 5) is 14.1. The van der Waals surface area contributed by atoms with Crippen molar-refractivity contribution in [2.45, 2.75) is 17.0 Å². The first-order valence-electron chi connectivity index (χ1n) is 6.46. The highest BCUT2D eigenvalue weighted by Crippen LogP contribution is 2.38. The molecule has 5 nitrogen and oxygen atoms in total. The van der Waals surface area contributed by atoms with Gasteiger partial charge in [-0.1, -0.05) is 65.5 Å². The third-order valence-corrected chi connectivity index (χ3v) is 4.55. The lowest BCUT2D eigenvalue weighted by Gasteiger charge is -2.25. The molecule has 0 bridgehead atoms. The van der Waals surface area contributed by atoms with Crippen LogP contribution in [0.3, 0.4) is 0 Å². The van der Waals surface area contributed by atoms with Gasteiger partial charge in [-0.15, -0.1) is 0 Å². The third kappa shape index (κ3) is 3.78. The summed E-state index contributed by atoms with van der Waals surface area (Å²) in [5.41, 5.74) is 3.40. The lowest BCUT2D eigenvalue weighted by atomic mass is 10.1. The second-order valence-electron chi connectivity index (χ2n) is 4.84. The van der Waals surface area contributed by atoms with Crippen LogP contribution in [-0.2, 0) is 0 Å². The second-order valence-corrected chi connectivity index (χ2v) is 7.74. The number of halogens is 4. The number of carbonyl (C=O) groups excluding carboxylic acids is 1. The number of alkyl halides is 3. The number of methoxy groups -OCH3 is 1. The SMILES string of the molecule is COc1ccc(N2C(=O)N(C(Cl)(Cl)Cl)NC2C(C)C=S)cc1Cl. The van der Waals surface area contributed by atoms with Gasteiger partial charge in [-0.2, -0.15) is 0 Å². The lowest BCUT2D eigenvalue weighted by Crippen LogP contribution is -2.46. The number of ether oxygens (including phenoxy) is 1. The molecular weight excluding hydrogens is 404 g/mol. The molecule has 1 N–H and O–H groups in total. The second kappa shape index (κ2) is 7.17. The molecule has 1 aromatic rings. The number of nitrogens with one attached hydrogen (secondary N) is 1. The fourth-order valence-electron chi connectivity index (χ4n) is 2.16. The molecule has 1 aliphatic rings. The number of hydrazine groups is 1. The summed E-state index contributed by atoms with van der Waals surface area (Å²) in [5.74, 6) is 0.305. The zero-order chi connectivity index (χ0) is 17.4. The molecule has 2 unspecified atom stereocenters. The Kier molecular flexibility index (Phi) is 5.87. The Morgan fingerprint density at radius 3 is 2.57 bits per heavy atom. The molecule has 0 aliphatic carbocycles. The third-order valence-electron chi connectivity index (χ3n) is 3.32. The van der Waals surface area contributed by atoms with Crippen molar-refractivity contribution in [1.82, 2.24) is 10.4 Å². The van der Waals surface area contributed by atoms with Crippen LogP contribution in [0.25, 0.3) is 0 Å². The number of nitrogens with zero attached hydrogens (tertiary/aromatic N) is 2. The summed E-state index contributed by atoms with van der Waals surface area (Å²) >= 11 is 28.7. The molecule has 0 spiro atoms. The Morgan fingerprint density at radius 2 is 2.09 bits per heavy atom. The number of rotatable bonds is 4.